The van der Waals surface area contributed by atoms with Gasteiger partial charge in [0.05, 0.1) is 18.8 Å². The maximum atomic E-state index is 5.93. The Hall–Kier alpha value is -1.26. The zero-order valence-corrected chi connectivity index (χ0v) is 11.3. The van der Waals surface area contributed by atoms with E-state index in [2.05, 4.69) is 30.9 Å². The average molecular weight is 250 g/mol. The van der Waals surface area contributed by atoms with E-state index in [4.69, 9.17) is 15.2 Å². The maximum absolute atomic E-state index is 5.93. The van der Waals surface area contributed by atoms with Gasteiger partial charge in [-0.2, -0.15) is 0 Å². The minimum absolute atomic E-state index is 0.0833. The lowest BCUT2D eigenvalue weighted by Crippen LogP contribution is -2.54. The van der Waals surface area contributed by atoms with Crippen LogP contribution in [0.5, 0.6) is 5.75 Å². The van der Waals surface area contributed by atoms with Crippen LogP contribution in [0.25, 0.3) is 0 Å². The second-order valence-electron chi connectivity index (χ2n) is 5.32. The largest absolute Gasteiger partial charge is 0.497 e. The molecule has 1 fully saturated rings. The third kappa shape index (κ3) is 2.94. The lowest BCUT2D eigenvalue weighted by atomic mass is 10.0. The number of hydrogen-bond donors (Lipinski definition) is 1. The van der Waals surface area contributed by atoms with Gasteiger partial charge in [0.2, 0.25) is 0 Å². The highest BCUT2D eigenvalue weighted by molar-refractivity contribution is 5.51. The molecule has 0 aromatic heterocycles. The first-order chi connectivity index (χ1) is 8.54. The van der Waals surface area contributed by atoms with E-state index in [-0.39, 0.29) is 11.7 Å². The van der Waals surface area contributed by atoms with Crippen molar-refractivity contribution < 1.29 is 9.47 Å². The Labute approximate surface area is 109 Å². The molecule has 4 heteroatoms. The molecule has 1 saturated heterocycles. The predicted octanol–water partition coefficient (Wildman–Crippen LogP) is 1.64. The van der Waals surface area contributed by atoms with Gasteiger partial charge in [-0.3, -0.25) is 0 Å². The molecular formula is C14H22N2O2. The summed E-state index contributed by atoms with van der Waals surface area (Å²) >= 11 is 0. The summed E-state index contributed by atoms with van der Waals surface area (Å²) in [6.45, 7) is 6.43. The van der Waals surface area contributed by atoms with Gasteiger partial charge in [0, 0.05) is 31.4 Å². The van der Waals surface area contributed by atoms with E-state index in [1.807, 2.05) is 12.1 Å². The third-order valence-electron chi connectivity index (χ3n) is 3.16. The molecule has 1 heterocycles. The summed E-state index contributed by atoms with van der Waals surface area (Å²) < 4.78 is 11.2. The highest BCUT2D eigenvalue weighted by Crippen LogP contribution is 2.27. The molecule has 1 aromatic rings. The van der Waals surface area contributed by atoms with Crippen molar-refractivity contribution in [3.63, 3.8) is 0 Å². The van der Waals surface area contributed by atoms with Crippen molar-refractivity contribution in [1.29, 1.82) is 0 Å². The van der Waals surface area contributed by atoms with Crippen LogP contribution < -0.4 is 15.4 Å². The van der Waals surface area contributed by atoms with Gasteiger partial charge in [0.25, 0.3) is 0 Å². The van der Waals surface area contributed by atoms with Gasteiger partial charge in [0.15, 0.2) is 0 Å². The number of methoxy groups -OCH3 is 1. The van der Waals surface area contributed by atoms with Crippen molar-refractivity contribution in [1.82, 2.24) is 0 Å². The lowest BCUT2D eigenvalue weighted by molar-refractivity contribution is -0.0788. The fraction of sp³-hybridized carbons (Fsp3) is 0.571. The first-order valence-corrected chi connectivity index (χ1v) is 6.31. The molecule has 2 rings (SSSR count). The lowest BCUT2D eigenvalue weighted by Gasteiger charge is -2.43. The van der Waals surface area contributed by atoms with E-state index in [1.165, 1.54) is 0 Å². The van der Waals surface area contributed by atoms with Crippen LogP contribution >= 0.6 is 0 Å². The first kappa shape index (κ1) is 13.2. The summed E-state index contributed by atoms with van der Waals surface area (Å²) in [5.74, 6) is 0.876. The van der Waals surface area contributed by atoms with E-state index >= 15 is 0 Å². The number of anilines is 1. The second kappa shape index (κ2) is 5.16. The molecule has 0 aliphatic carbocycles. The molecule has 100 valence electrons. The van der Waals surface area contributed by atoms with Crippen LogP contribution in [0.3, 0.4) is 0 Å². The average Bonchev–Trinajstić information content (AvgIpc) is 2.37. The number of rotatable bonds is 3. The highest BCUT2D eigenvalue weighted by atomic mass is 16.5. The normalized spacial score (nSPS) is 22.9. The summed E-state index contributed by atoms with van der Waals surface area (Å²) in [6, 6.07) is 8.11. The molecule has 0 radical (unpaired) electrons. The summed E-state index contributed by atoms with van der Waals surface area (Å²) in [6.07, 6.45) is 0.0833. The number of nitrogens with two attached hydrogens (primary N) is 1. The van der Waals surface area contributed by atoms with Gasteiger partial charge in [0.1, 0.15) is 5.75 Å². The monoisotopic (exact) mass is 250 g/mol. The zero-order chi connectivity index (χ0) is 13.2. The molecule has 1 unspecified atom stereocenters. The van der Waals surface area contributed by atoms with Gasteiger partial charge in [-0.15, -0.1) is 0 Å². The van der Waals surface area contributed by atoms with Crippen LogP contribution in [0.2, 0.25) is 0 Å². The molecule has 1 atom stereocenters. The van der Waals surface area contributed by atoms with Gasteiger partial charge >= 0.3 is 0 Å². The minimum Gasteiger partial charge on any atom is -0.497 e. The van der Waals surface area contributed by atoms with Crippen LogP contribution in [-0.4, -0.2) is 38.4 Å². The van der Waals surface area contributed by atoms with E-state index in [0.29, 0.717) is 6.54 Å². The number of benzene rings is 1. The molecular weight excluding hydrogens is 228 g/mol. The SMILES string of the molecule is COc1cccc(N2CC(CN)OC(C)(C)C2)c1. The van der Waals surface area contributed by atoms with Crippen molar-refractivity contribution in [2.75, 3.05) is 31.6 Å². The number of nitrogens with zero attached hydrogens (tertiary/aromatic N) is 1. The van der Waals surface area contributed by atoms with Crippen LogP contribution in [0.4, 0.5) is 5.69 Å². The second-order valence-corrected chi connectivity index (χ2v) is 5.32. The van der Waals surface area contributed by atoms with Gasteiger partial charge in [-0.25, -0.2) is 0 Å². The minimum atomic E-state index is -0.175. The zero-order valence-electron chi connectivity index (χ0n) is 11.3. The molecule has 18 heavy (non-hydrogen) atoms. The van der Waals surface area contributed by atoms with Gasteiger partial charge < -0.3 is 20.1 Å². The molecule has 4 nitrogen and oxygen atoms in total. The molecule has 1 aliphatic rings. The Morgan fingerprint density at radius 3 is 2.94 bits per heavy atom. The molecule has 2 N–H and O–H groups in total. The van der Waals surface area contributed by atoms with E-state index in [0.717, 1.165) is 24.5 Å². The Morgan fingerprint density at radius 1 is 1.50 bits per heavy atom. The molecule has 0 saturated carbocycles. The smallest absolute Gasteiger partial charge is 0.120 e. The number of morpholine rings is 1. The summed E-state index contributed by atoms with van der Waals surface area (Å²) in [4.78, 5) is 2.31. The Bertz CT molecular complexity index is 407. The fourth-order valence-electron chi connectivity index (χ4n) is 2.42. The summed E-state index contributed by atoms with van der Waals surface area (Å²) in [5.41, 5.74) is 6.73. The van der Waals surface area contributed by atoms with Crippen LogP contribution in [0.1, 0.15) is 13.8 Å². The molecule has 0 bridgehead atoms. The van der Waals surface area contributed by atoms with E-state index in [9.17, 15) is 0 Å². The van der Waals surface area contributed by atoms with Crippen LogP contribution in [0.15, 0.2) is 24.3 Å². The first-order valence-electron chi connectivity index (χ1n) is 6.31. The van der Waals surface area contributed by atoms with Gasteiger partial charge in [-0.05, 0) is 26.0 Å². The van der Waals surface area contributed by atoms with Crippen molar-refractivity contribution in [3.05, 3.63) is 24.3 Å². The number of hydrogen-bond acceptors (Lipinski definition) is 4. The number of ether oxygens (including phenoxy) is 2. The van der Waals surface area contributed by atoms with Crippen molar-refractivity contribution in [3.8, 4) is 5.75 Å². The topological polar surface area (TPSA) is 47.7 Å². The van der Waals surface area contributed by atoms with Crippen molar-refractivity contribution in [2.24, 2.45) is 5.73 Å². The fourth-order valence-corrected chi connectivity index (χ4v) is 2.42. The maximum Gasteiger partial charge on any atom is 0.120 e. The molecule has 0 amide bonds. The summed E-state index contributed by atoms with van der Waals surface area (Å²) in [7, 11) is 1.69. The Kier molecular flexibility index (Phi) is 3.78. The third-order valence-corrected chi connectivity index (χ3v) is 3.16. The molecule has 1 aliphatic heterocycles. The van der Waals surface area contributed by atoms with Gasteiger partial charge in [-0.1, -0.05) is 6.07 Å². The Morgan fingerprint density at radius 2 is 2.28 bits per heavy atom. The van der Waals surface area contributed by atoms with E-state index < -0.39 is 0 Å². The molecule has 0 spiro atoms. The molecule has 1 aromatic carbocycles. The quantitative estimate of drug-likeness (QED) is 0.886. The van der Waals surface area contributed by atoms with E-state index in [1.54, 1.807) is 7.11 Å². The standard InChI is InChI=1S/C14H22N2O2/c1-14(2)10-16(9-13(8-15)18-14)11-5-4-6-12(7-11)17-3/h4-7,13H,8-10,15H2,1-3H3. The summed E-state index contributed by atoms with van der Waals surface area (Å²) in [5, 5.41) is 0. The van der Waals surface area contributed by atoms with Crippen LogP contribution in [0, 0.1) is 0 Å². The predicted molar refractivity (Wildman–Crippen MR) is 73.2 cm³/mol. The van der Waals surface area contributed by atoms with Crippen molar-refractivity contribution in [2.45, 2.75) is 25.6 Å². The van der Waals surface area contributed by atoms with Crippen molar-refractivity contribution >= 4 is 5.69 Å². The Balaban J connectivity index is 2.20. The van der Waals surface area contributed by atoms with Crippen LogP contribution in [-0.2, 0) is 4.74 Å². The highest BCUT2D eigenvalue weighted by Gasteiger charge is 2.32.